The Labute approximate surface area is 134 Å². The van der Waals surface area contributed by atoms with Gasteiger partial charge in [0, 0.05) is 5.57 Å². The first-order chi connectivity index (χ1) is 10.2. The van der Waals surface area contributed by atoms with Crippen molar-refractivity contribution in [1.29, 1.82) is 0 Å². The molecule has 3 rings (SSSR count). The Hall–Kier alpha value is -1.70. The van der Waals surface area contributed by atoms with Gasteiger partial charge in [-0.1, -0.05) is 78.4 Å². The zero-order valence-electron chi connectivity index (χ0n) is 11.2. The van der Waals surface area contributed by atoms with Crippen molar-refractivity contribution in [3.05, 3.63) is 84.5 Å². The molecule has 3 heteroatoms. The van der Waals surface area contributed by atoms with Crippen molar-refractivity contribution in [2.45, 2.75) is 10.4 Å². The van der Waals surface area contributed by atoms with E-state index in [1.54, 1.807) is 0 Å². The Morgan fingerprint density at radius 3 is 2.19 bits per heavy atom. The molecular formula is C18H14Cl2O. The zero-order chi connectivity index (χ0) is 14.7. The van der Waals surface area contributed by atoms with Crippen LogP contribution in [0.3, 0.4) is 0 Å². The second-order valence-electron chi connectivity index (χ2n) is 4.79. The lowest BCUT2D eigenvalue weighted by Gasteiger charge is -2.35. The highest BCUT2D eigenvalue weighted by atomic mass is 35.5. The second-order valence-corrected chi connectivity index (χ2v) is 5.82. The van der Waals surface area contributed by atoms with Gasteiger partial charge in [0.05, 0.1) is 0 Å². The molecule has 1 aliphatic rings. The van der Waals surface area contributed by atoms with Crippen LogP contribution >= 0.6 is 23.2 Å². The van der Waals surface area contributed by atoms with Crippen LogP contribution in [-0.2, 0) is 0 Å². The van der Waals surface area contributed by atoms with Crippen LogP contribution in [0.2, 0.25) is 0 Å². The Morgan fingerprint density at radius 2 is 1.52 bits per heavy atom. The van der Waals surface area contributed by atoms with Crippen LogP contribution in [-0.4, -0.2) is 10.4 Å². The number of allylic oxidation sites excluding steroid dienone is 2. The molecule has 2 atom stereocenters. The minimum Gasteiger partial charge on any atom is -0.466 e. The first kappa shape index (κ1) is 14.2. The van der Waals surface area contributed by atoms with E-state index in [9.17, 15) is 0 Å². The zero-order valence-corrected chi connectivity index (χ0v) is 12.8. The van der Waals surface area contributed by atoms with Crippen molar-refractivity contribution in [3.63, 3.8) is 0 Å². The van der Waals surface area contributed by atoms with Crippen LogP contribution in [0.15, 0.2) is 78.9 Å². The second kappa shape index (κ2) is 5.97. The molecule has 2 unspecified atom stereocenters. The third-order valence-corrected chi connectivity index (χ3v) is 4.44. The van der Waals surface area contributed by atoms with Crippen molar-refractivity contribution < 1.29 is 4.74 Å². The molecule has 0 saturated carbocycles. The van der Waals surface area contributed by atoms with Crippen molar-refractivity contribution in [1.82, 2.24) is 0 Å². The molecule has 0 aromatic heterocycles. The van der Waals surface area contributed by atoms with E-state index >= 15 is 0 Å². The van der Waals surface area contributed by atoms with Crippen LogP contribution in [0.4, 0.5) is 0 Å². The molecule has 0 radical (unpaired) electrons. The van der Waals surface area contributed by atoms with Crippen molar-refractivity contribution >= 4 is 28.8 Å². The fourth-order valence-corrected chi connectivity index (χ4v) is 2.90. The molecule has 0 spiro atoms. The lowest BCUT2D eigenvalue weighted by atomic mass is 9.93. The standard InChI is InChI=1S/C18H14Cl2O/c19-17-13-7-12-16(14-8-3-1-4-9-14)18(17,20)21-15-10-5-2-6-11-15/h1-13,17H. The van der Waals surface area contributed by atoms with Crippen LogP contribution in [0.25, 0.3) is 5.57 Å². The number of rotatable bonds is 3. The van der Waals surface area contributed by atoms with E-state index in [0.717, 1.165) is 11.1 Å². The molecule has 21 heavy (non-hydrogen) atoms. The molecule has 0 amide bonds. The van der Waals surface area contributed by atoms with Crippen molar-refractivity contribution in [2.24, 2.45) is 0 Å². The molecule has 0 N–H and O–H groups in total. The lowest BCUT2D eigenvalue weighted by Crippen LogP contribution is -2.41. The van der Waals surface area contributed by atoms with E-state index in [-0.39, 0.29) is 0 Å². The maximum absolute atomic E-state index is 6.79. The van der Waals surface area contributed by atoms with Crippen LogP contribution < -0.4 is 4.74 Å². The van der Waals surface area contributed by atoms with E-state index in [4.69, 9.17) is 27.9 Å². The van der Waals surface area contributed by atoms with E-state index in [0.29, 0.717) is 5.75 Å². The Morgan fingerprint density at radius 1 is 0.905 bits per heavy atom. The molecule has 1 aliphatic carbocycles. The highest BCUT2D eigenvalue weighted by Gasteiger charge is 2.42. The Bertz CT molecular complexity index is 664. The fourth-order valence-electron chi connectivity index (χ4n) is 2.32. The maximum Gasteiger partial charge on any atom is 0.228 e. The minimum atomic E-state index is -1.13. The third-order valence-electron chi connectivity index (χ3n) is 3.36. The number of hydrogen-bond donors (Lipinski definition) is 0. The average molecular weight is 317 g/mol. The number of para-hydroxylation sites is 1. The molecule has 2 aromatic rings. The normalized spacial score (nSPS) is 24.5. The maximum atomic E-state index is 6.79. The molecule has 0 fully saturated rings. The monoisotopic (exact) mass is 316 g/mol. The summed E-state index contributed by atoms with van der Waals surface area (Å²) in [6.07, 6.45) is 5.70. The van der Waals surface area contributed by atoms with Gasteiger partial charge in [0.15, 0.2) is 0 Å². The average Bonchev–Trinajstić information content (AvgIpc) is 2.52. The minimum absolute atomic E-state index is 0.459. The number of benzene rings is 2. The smallest absolute Gasteiger partial charge is 0.228 e. The van der Waals surface area contributed by atoms with Gasteiger partial charge in [-0.05, 0) is 17.7 Å². The molecule has 0 aliphatic heterocycles. The summed E-state index contributed by atoms with van der Waals surface area (Å²) in [6, 6.07) is 19.4. The van der Waals surface area contributed by atoms with Crippen molar-refractivity contribution in [2.75, 3.05) is 0 Å². The van der Waals surface area contributed by atoms with Crippen LogP contribution in [0.1, 0.15) is 5.56 Å². The Kier molecular flexibility index (Phi) is 4.05. The summed E-state index contributed by atoms with van der Waals surface area (Å²) >= 11 is 13.2. The topological polar surface area (TPSA) is 9.23 Å². The van der Waals surface area contributed by atoms with Gasteiger partial charge in [0.25, 0.3) is 0 Å². The molecule has 1 nitrogen and oxygen atoms in total. The number of alkyl halides is 2. The van der Waals surface area contributed by atoms with E-state index in [1.165, 1.54) is 0 Å². The number of ether oxygens (including phenoxy) is 1. The van der Waals surface area contributed by atoms with Gasteiger partial charge in [-0.15, -0.1) is 11.6 Å². The molecule has 106 valence electrons. The third kappa shape index (κ3) is 2.85. The predicted molar refractivity (Wildman–Crippen MR) is 88.9 cm³/mol. The number of hydrogen-bond acceptors (Lipinski definition) is 1. The summed E-state index contributed by atoms with van der Waals surface area (Å²) in [5, 5.41) is -1.58. The molecular weight excluding hydrogens is 303 g/mol. The van der Waals surface area contributed by atoms with E-state index < -0.39 is 10.4 Å². The van der Waals surface area contributed by atoms with Gasteiger partial charge in [-0.2, -0.15) is 0 Å². The quantitative estimate of drug-likeness (QED) is 0.702. The van der Waals surface area contributed by atoms with E-state index in [2.05, 4.69) is 0 Å². The fraction of sp³-hybridized carbons (Fsp3) is 0.111. The molecule has 2 aromatic carbocycles. The molecule has 0 heterocycles. The first-order valence-electron chi connectivity index (χ1n) is 6.71. The molecule has 0 bridgehead atoms. The summed E-state index contributed by atoms with van der Waals surface area (Å²) in [5.41, 5.74) is 1.86. The van der Waals surface area contributed by atoms with Gasteiger partial charge >= 0.3 is 0 Å². The van der Waals surface area contributed by atoms with Gasteiger partial charge in [-0.25, -0.2) is 0 Å². The highest BCUT2D eigenvalue weighted by molar-refractivity contribution is 6.37. The van der Waals surface area contributed by atoms with Crippen LogP contribution in [0.5, 0.6) is 5.75 Å². The summed E-state index contributed by atoms with van der Waals surface area (Å²) in [5.74, 6) is 0.690. The number of halogens is 2. The van der Waals surface area contributed by atoms with Gasteiger partial charge in [0.1, 0.15) is 11.1 Å². The summed E-state index contributed by atoms with van der Waals surface area (Å²) in [6.45, 7) is 0. The SMILES string of the molecule is ClC1C=CC=C(c2ccccc2)C1(Cl)Oc1ccccc1. The summed E-state index contributed by atoms with van der Waals surface area (Å²) in [7, 11) is 0. The van der Waals surface area contributed by atoms with Gasteiger partial charge in [-0.3, -0.25) is 0 Å². The lowest BCUT2D eigenvalue weighted by molar-refractivity contribution is 0.222. The van der Waals surface area contributed by atoms with E-state index in [1.807, 2.05) is 78.9 Å². The summed E-state index contributed by atoms with van der Waals surface area (Å²) < 4.78 is 6.04. The highest BCUT2D eigenvalue weighted by Crippen LogP contribution is 2.43. The predicted octanol–water partition coefficient (Wildman–Crippen LogP) is 5.26. The van der Waals surface area contributed by atoms with Gasteiger partial charge < -0.3 is 4.74 Å². The van der Waals surface area contributed by atoms with Crippen molar-refractivity contribution in [3.8, 4) is 5.75 Å². The summed E-state index contributed by atoms with van der Waals surface area (Å²) in [4.78, 5) is 0. The van der Waals surface area contributed by atoms with Crippen LogP contribution in [0, 0.1) is 0 Å². The largest absolute Gasteiger partial charge is 0.466 e. The van der Waals surface area contributed by atoms with Gasteiger partial charge in [0.2, 0.25) is 5.06 Å². The first-order valence-corrected chi connectivity index (χ1v) is 7.53. The molecule has 0 saturated heterocycles. The Balaban J connectivity index is 2.01.